The third kappa shape index (κ3) is 9.57. The Hall–Kier alpha value is -0.670. The zero-order valence-corrected chi connectivity index (χ0v) is 24.2. The first-order valence-corrected chi connectivity index (χ1v) is 13.6. The van der Waals surface area contributed by atoms with E-state index >= 15 is 0 Å². The highest BCUT2D eigenvalue weighted by molar-refractivity contribution is 6.30. The van der Waals surface area contributed by atoms with Crippen molar-refractivity contribution in [2.45, 2.75) is 72.3 Å². The first-order valence-electron chi connectivity index (χ1n) is 12.8. The molecule has 0 aromatic rings. The number of esters is 1. The molecule has 1 heterocycles. The summed E-state index contributed by atoms with van der Waals surface area (Å²) in [5, 5.41) is 5.68. The fourth-order valence-corrected chi connectivity index (χ4v) is 6.92. The zero-order chi connectivity index (χ0) is 24.2. The average molecular weight is 554 g/mol. The monoisotopic (exact) mass is 552 g/mol. The van der Waals surface area contributed by atoms with Gasteiger partial charge >= 0.3 is 5.97 Å². The van der Waals surface area contributed by atoms with E-state index in [1.54, 1.807) is 0 Å². The van der Waals surface area contributed by atoms with Crippen LogP contribution in [0.15, 0.2) is 22.2 Å². The highest BCUT2D eigenvalue weighted by Gasteiger charge is 2.40. The molecule has 0 saturated carbocycles. The van der Waals surface area contributed by atoms with E-state index in [0.717, 1.165) is 67.2 Å². The molecule has 0 amide bonds. The van der Waals surface area contributed by atoms with Crippen molar-refractivity contribution in [1.82, 2.24) is 10.2 Å². The van der Waals surface area contributed by atoms with Crippen LogP contribution in [-0.4, -0.2) is 66.6 Å². The molecular formula is C27H50Cl2N2O5. The summed E-state index contributed by atoms with van der Waals surface area (Å²) in [5.41, 5.74) is 0.317. The van der Waals surface area contributed by atoms with Gasteiger partial charge in [-0.2, -0.15) is 0 Å². The number of allylic oxidation sites excluding steroid dienone is 3. The number of carbonyl (C=O) groups is 1. The molecule has 3 rings (SSSR count). The van der Waals surface area contributed by atoms with Crippen LogP contribution in [0.3, 0.4) is 0 Å². The normalized spacial score (nSPS) is 29.0. The van der Waals surface area contributed by atoms with Gasteiger partial charge in [0.15, 0.2) is 0 Å². The van der Waals surface area contributed by atoms with E-state index in [4.69, 9.17) is 27.9 Å². The number of hydrogen-bond acceptors (Lipinski definition) is 4. The lowest BCUT2D eigenvalue weighted by atomic mass is 9.65. The van der Waals surface area contributed by atoms with Crippen molar-refractivity contribution in [3.8, 4) is 0 Å². The number of hydrogen-bond donors (Lipinski definition) is 1. The smallest absolute Gasteiger partial charge is 0.312 e. The van der Waals surface area contributed by atoms with E-state index in [9.17, 15) is 4.79 Å². The summed E-state index contributed by atoms with van der Waals surface area (Å²) in [6, 6.07) is 0.426. The molecule has 4 unspecified atom stereocenters. The van der Waals surface area contributed by atoms with Crippen molar-refractivity contribution in [2.75, 3.05) is 33.3 Å². The van der Waals surface area contributed by atoms with E-state index in [1.165, 1.54) is 26.5 Å². The van der Waals surface area contributed by atoms with Gasteiger partial charge in [-0.25, -0.2) is 0 Å². The molecule has 0 aromatic heterocycles. The number of halogens is 2. The maximum Gasteiger partial charge on any atom is 0.312 e. The minimum atomic E-state index is -0.218. The maximum atomic E-state index is 12.0. The largest absolute Gasteiger partial charge is 0.469 e. The fraction of sp³-hybridized carbons (Fsp3) is 0.815. The molecule has 9 heteroatoms. The van der Waals surface area contributed by atoms with Gasteiger partial charge in [-0.15, -0.1) is 0 Å². The van der Waals surface area contributed by atoms with Gasteiger partial charge in [0.25, 0.3) is 0 Å². The number of carbonyl (C=O) groups excluding carboxylic acids is 1. The number of methoxy groups -OCH3 is 1. The van der Waals surface area contributed by atoms with Gasteiger partial charge in [0, 0.05) is 29.2 Å². The molecular weight excluding hydrogens is 503 g/mol. The highest BCUT2D eigenvalue weighted by Crippen LogP contribution is 2.45. The van der Waals surface area contributed by atoms with Crippen molar-refractivity contribution >= 4 is 29.2 Å². The number of rotatable bonds is 8. The van der Waals surface area contributed by atoms with Crippen molar-refractivity contribution < 1.29 is 26.0 Å². The molecule has 0 bridgehead atoms. The molecule has 5 atom stereocenters. The van der Waals surface area contributed by atoms with E-state index in [0.29, 0.717) is 23.3 Å². The average Bonchev–Trinajstić information content (AvgIpc) is 2.75. The molecule has 0 radical (unpaired) electrons. The lowest BCUT2D eigenvalue weighted by molar-refractivity contribution is -0.144. The summed E-state index contributed by atoms with van der Waals surface area (Å²) in [6.07, 6.45) is 10.5. The second kappa shape index (κ2) is 15.7. The Balaban J connectivity index is 0.00000408. The lowest BCUT2D eigenvalue weighted by Crippen LogP contribution is -2.53. The SMILES string of the molecule is COC(=O)C1C=C(Cl)CC(CN[C@@H](CN2CCC(C3CC=C(Cl)CC3)C(C)(C)C2)C(C)C)C1.O.O.O. The molecule has 212 valence electrons. The Labute approximate surface area is 227 Å². The molecule has 1 fully saturated rings. The van der Waals surface area contributed by atoms with Gasteiger partial charge in [-0.05, 0) is 80.7 Å². The van der Waals surface area contributed by atoms with E-state index in [1.807, 2.05) is 6.08 Å². The van der Waals surface area contributed by atoms with E-state index in [2.05, 4.69) is 44.0 Å². The molecule has 2 aliphatic carbocycles. The van der Waals surface area contributed by atoms with E-state index in [-0.39, 0.29) is 28.3 Å². The Morgan fingerprint density at radius 3 is 2.44 bits per heavy atom. The Morgan fingerprint density at radius 1 is 1.19 bits per heavy atom. The minimum absolute atomic E-state index is 0. The highest BCUT2D eigenvalue weighted by atomic mass is 35.5. The van der Waals surface area contributed by atoms with Crippen LogP contribution < -0.4 is 5.32 Å². The van der Waals surface area contributed by atoms with Gasteiger partial charge < -0.3 is 31.4 Å². The Morgan fingerprint density at radius 2 is 1.89 bits per heavy atom. The first-order chi connectivity index (χ1) is 15.6. The van der Waals surface area contributed by atoms with Crippen molar-refractivity contribution in [3.05, 3.63) is 22.2 Å². The van der Waals surface area contributed by atoms with Gasteiger partial charge in [0.1, 0.15) is 0 Å². The summed E-state index contributed by atoms with van der Waals surface area (Å²) in [6.45, 7) is 13.8. The molecule has 7 nitrogen and oxygen atoms in total. The van der Waals surface area contributed by atoms with Crippen molar-refractivity contribution in [2.24, 2.45) is 35.0 Å². The van der Waals surface area contributed by atoms with Crippen LogP contribution in [0.2, 0.25) is 0 Å². The number of likely N-dealkylation sites (tertiary alicyclic amines) is 1. The summed E-state index contributed by atoms with van der Waals surface area (Å²) < 4.78 is 4.95. The van der Waals surface area contributed by atoms with Crippen LogP contribution in [0.5, 0.6) is 0 Å². The van der Waals surface area contributed by atoms with Crippen molar-refractivity contribution in [1.29, 1.82) is 0 Å². The summed E-state index contributed by atoms with van der Waals surface area (Å²) >= 11 is 12.6. The van der Waals surface area contributed by atoms with Crippen LogP contribution in [0.4, 0.5) is 0 Å². The molecule has 7 N–H and O–H groups in total. The van der Waals surface area contributed by atoms with Crippen LogP contribution in [0.1, 0.15) is 66.2 Å². The predicted octanol–water partition coefficient (Wildman–Crippen LogP) is 3.72. The molecule has 1 aliphatic heterocycles. The van der Waals surface area contributed by atoms with Gasteiger partial charge in [-0.3, -0.25) is 4.79 Å². The third-order valence-corrected chi connectivity index (χ3v) is 8.87. The molecule has 36 heavy (non-hydrogen) atoms. The quantitative estimate of drug-likeness (QED) is 0.458. The van der Waals surface area contributed by atoms with Gasteiger partial charge in [0.05, 0.1) is 13.0 Å². The zero-order valence-electron chi connectivity index (χ0n) is 22.7. The standard InChI is InChI=1S/C27H44Cl2N2O2.3H2O/c1-18(2)25(30-15-19-12-21(26(32)33-5)14-23(29)13-19)16-31-11-10-24(27(3,4)17-31)20-6-8-22(28)9-7-20;;;/h8,14,18-21,24-25,30H,6-7,9-13,15-17H2,1-5H3;3*1H2/t19?,20?,21?,24?,25-;;;/m0.../s1. The van der Waals surface area contributed by atoms with Gasteiger partial charge in [0.2, 0.25) is 0 Å². The number of piperidine rings is 1. The number of nitrogens with zero attached hydrogens (tertiary/aromatic N) is 1. The fourth-order valence-electron chi connectivity index (χ4n) is 6.35. The second-order valence-corrected chi connectivity index (χ2v) is 12.6. The Bertz CT molecular complexity index is 744. The Kier molecular flexibility index (Phi) is 15.4. The van der Waals surface area contributed by atoms with Crippen LogP contribution in [0.25, 0.3) is 0 Å². The first kappa shape index (κ1) is 35.3. The van der Waals surface area contributed by atoms with Crippen molar-refractivity contribution in [3.63, 3.8) is 0 Å². The molecule has 3 aliphatic rings. The minimum Gasteiger partial charge on any atom is -0.469 e. The second-order valence-electron chi connectivity index (χ2n) is 11.6. The summed E-state index contributed by atoms with van der Waals surface area (Å²) in [7, 11) is 1.45. The third-order valence-electron chi connectivity index (χ3n) is 8.24. The molecule has 0 aromatic carbocycles. The van der Waals surface area contributed by atoms with Crippen LogP contribution in [0, 0.1) is 35.0 Å². The predicted molar refractivity (Wildman–Crippen MR) is 149 cm³/mol. The van der Waals surface area contributed by atoms with Crippen LogP contribution in [-0.2, 0) is 9.53 Å². The van der Waals surface area contributed by atoms with Crippen LogP contribution >= 0.6 is 23.2 Å². The summed E-state index contributed by atoms with van der Waals surface area (Å²) in [5.74, 6) is 2.05. The lowest BCUT2D eigenvalue weighted by Gasteiger charge is -2.49. The van der Waals surface area contributed by atoms with Gasteiger partial charge in [-0.1, -0.05) is 63.0 Å². The maximum absolute atomic E-state index is 12.0. The molecule has 0 spiro atoms. The topological polar surface area (TPSA) is 136 Å². The van der Waals surface area contributed by atoms with E-state index < -0.39 is 0 Å². The number of ether oxygens (including phenoxy) is 1. The molecule has 1 saturated heterocycles. The number of nitrogens with one attached hydrogen (secondary N) is 1. The summed E-state index contributed by atoms with van der Waals surface area (Å²) in [4.78, 5) is 14.7.